The van der Waals surface area contributed by atoms with Gasteiger partial charge >= 0.3 is 0 Å². The van der Waals surface area contributed by atoms with Gasteiger partial charge in [-0.25, -0.2) is 4.98 Å². The summed E-state index contributed by atoms with van der Waals surface area (Å²) in [5.74, 6) is 1.97. The Morgan fingerprint density at radius 2 is 1.75 bits per heavy atom. The number of pyridine rings is 1. The number of anilines is 1. The number of carbonyl (C=O) groups excluding carboxylic acids is 1. The molecule has 0 bridgehead atoms. The van der Waals surface area contributed by atoms with Crippen LogP contribution in [0.25, 0.3) is 11.1 Å². The molecule has 0 unspecified atom stereocenters. The zero-order chi connectivity index (χ0) is 19.1. The second-order valence-corrected chi connectivity index (χ2v) is 7.40. The van der Waals surface area contributed by atoms with Gasteiger partial charge in [-0.15, -0.1) is 0 Å². The van der Waals surface area contributed by atoms with E-state index in [1.165, 1.54) is 5.56 Å². The minimum atomic E-state index is -0.502. The Labute approximate surface area is 164 Å². The number of hydrogen-bond acceptors (Lipinski definition) is 4. The maximum absolute atomic E-state index is 13.0. The lowest BCUT2D eigenvalue weighted by Crippen LogP contribution is -2.28. The van der Waals surface area contributed by atoms with Gasteiger partial charge in [0.2, 0.25) is 12.7 Å². The molecule has 1 N–H and O–H groups in total. The van der Waals surface area contributed by atoms with Crippen LogP contribution in [0.5, 0.6) is 11.5 Å². The van der Waals surface area contributed by atoms with Crippen LogP contribution in [-0.4, -0.2) is 17.7 Å². The number of rotatable bonds is 4. The molecule has 2 aromatic carbocycles. The van der Waals surface area contributed by atoms with Crippen LogP contribution in [0, 0.1) is 6.92 Å². The molecular weight excluding hydrogens is 352 g/mol. The van der Waals surface area contributed by atoms with Crippen molar-refractivity contribution < 1.29 is 15.7 Å². The van der Waals surface area contributed by atoms with Crippen molar-refractivity contribution in [2.75, 3.05) is 12.1 Å². The molecule has 1 aromatic heterocycles. The van der Waals surface area contributed by atoms with Crippen LogP contribution in [0.1, 0.15) is 25.4 Å². The molecule has 28 heavy (non-hydrogen) atoms. The van der Waals surface area contributed by atoms with E-state index >= 15 is 0 Å². The molecule has 1 fully saturated rings. The molecule has 2 heterocycles. The standard InChI is InChI=1S/C23H20N2O3.H2/c1-15-2-4-16(5-3-15)17-6-9-21(24-13-17)25-22(26)23(10-11-23)18-7-8-19-20(12-18)28-14-27-19;/h2-9,12-13H,10-11,14H2,1H3,(H,24,25,26);1H. The minimum absolute atomic E-state index is 0. The predicted octanol–water partition coefficient (Wildman–Crippen LogP) is 4.70. The fourth-order valence-electron chi connectivity index (χ4n) is 3.59. The third-order valence-corrected chi connectivity index (χ3v) is 5.50. The summed E-state index contributed by atoms with van der Waals surface area (Å²) in [4.78, 5) is 17.4. The highest BCUT2D eigenvalue weighted by molar-refractivity contribution is 6.01. The van der Waals surface area contributed by atoms with Gasteiger partial charge in [0.05, 0.1) is 5.41 Å². The van der Waals surface area contributed by atoms with E-state index in [1.54, 1.807) is 6.20 Å². The fourth-order valence-corrected chi connectivity index (χ4v) is 3.59. The SMILES string of the molecule is Cc1ccc(-c2ccc(NC(=O)C3(c4ccc5c(c4)OCO5)CC3)nc2)cc1.[HH]. The average Bonchev–Trinajstić information content (AvgIpc) is 3.40. The summed E-state index contributed by atoms with van der Waals surface area (Å²) < 4.78 is 10.8. The number of ether oxygens (including phenoxy) is 2. The van der Waals surface area contributed by atoms with Gasteiger partial charge in [0.15, 0.2) is 11.5 Å². The zero-order valence-electron chi connectivity index (χ0n) is 15.6. The number of nitrogens with zero attached hydrogens (tertiary/aromatic N) is 1. The van der Waals surface area contributed by atoms with Gasteiger partial charge in [-0.3, -0.25) is 4.79 Å². The molecular formula is C23H22N2O3. The van der Waals surface area contributed by atoms with Crippen molar-refractivity contribution in [3.05, 3.63) is 71.9 Å². The molecule has 1 aliphatic carbocycles. The van der Waals surface area contributed by atoms with Crippen molar-refractivity contribution in [2.24, 2.45) is 0 Å². The predicted molar refractivity (Wildman–Crippen MR) is 109 cm³/mol. The number of hydrogen-bond donors (Lipinski definition) is 1. The number of nitrogens with one attached hydrogen (secondary N) is 1. The monoisotopic (exact) mass is 374 g/mol. The van der Waals surface area contributed by atoms with Crippen molar-refractivity contribution in [1.29, 1.82) is 0 Å². The maximum Gasteiger partial charge on any atom is 0.236 e. The lowest BCUT2D eigenvalue weighted by Gasteiger charge is -2.16. The molecule has 142 valence electrons. The van der Waals surface area contributed by atoms with Crippen LogP contribution in [0.15, 0.2) is 60.8 Å². The molecule has 5 nitrogen and oxygen atoms in total. The highest BCUT2D eigenvalue weighted by Gasteiger charge is 2.51. The molecule has 2 aliphatic rings. The van der Waals surface area contributed by atoms with Crippen molar-refractivity contribution in [3.63, 3.8) is 0 Å². The van der Waals surface area contributed by atoms with Crippen LogP contribution < -0.4 is 14.8 Å². The molecule has 5 heteroatoms. The number of aryl methyl sites for hydroxylation is 1. The van der Waals surface area contributed by atoms with Gasteiger partial charge in [0.25, 0.3) is 0 Å². The van der Waals surface area contributed by atoms with Crippen molar-refractivity contribution in [3.8, 4) is 22.6 Å². The number of carbonyl (C=O) groups is 1. The molecule has 0 radical (unpaired) electrons. The Morgan fingerprint density at radius 3 is 2.46 bits per heavy atom. The topological polar surface area (TPSA) is 60.5 Å². The fraction of sp³-hybridized carbons (Fsp3) is 0.217. The molecule has 3 aromatic rings. The Bertz CT molecular complexity index is 1040. The van der Waals surface area contributed by atoms with E-state index in [2.05, 4.69) is 41.5 Å². The highest BCUT2D eigenvalue weighted by Crippen LogP contribution is 2.51. The van der Waals surface area contributed by atoms with Crippen LogP contribution >= 0.6 is 0 Å². The first-order chi connectivity index (χ1) is 13.6. The second-order valence-electron chi connectivity index (χ2n) is 7.40. The van der Waals surface area contributed by atoms with E-state index in [1.807, 2.05) is 30.3 Å². The summed E-state index contributed by atoms with van der Waals surface area (Å²) in [6.45, 7) is 2.30. The first-order valence-corrected chi connectivity index (χ1v) is 9.39. The number of benzene rings is 2. The van der Waals surface area contributed by atoms with Crippen LogP contribution in [0.4, 0.5) is 5.82 Å². The van der Waals surface area contributed by atoms with Gasteiger partial charge in [-0.05, 0) is 55.2 Å². The van der Waals surface area contributed by atoms with Crippen LogP contribution in [0.3, 0.4) is 0 Å². The summed E-state index contributed by atoms with van der Waals surface area (Å²) in [5.41, 5.74) is 3.81. The number of aromatic nitrogens is 1. The average molecular weight is 374 g/mol. The van der Waals surface area contributed by atoms with E-state index in [4.69, 9.17) is 9.47 Å². The smallest absolute Gasteiger partial charge is 0.236 e. The van der Waals surface area contributed by atoms with E-state index in [-0.39, 0.29) is 14.1 Å². The highest BCUT2D eigenvalue weighted by atomic mass is 16.7. The van der Waals surface area contributed by atoms with Crippen molar-refractivity contribution in [1.82, 2.24) is 4.98 Å². The summed E-state index contributed by atoms with van der Waals surface area (Å²) in [6, 6.07) is 17.9. The number of amides is 1. The quantitative estimate of drug-likeness (QED) is 0.719. The molecule has 1 amide bonds. The molecule has 0 saturated heterocycles. The van der Waals surface area contributed by atoms with Gasteiger partial charge in [-0.2, -0.15) is 0 Å². The minimum Gasteiger partial charge on any atom is -0.454 e. The van der Waals surface area contributed by atoms with E-state index < -0.39 is 5.41 Å². The lowest BCUT2D eigenvalue weighted by molar-refractivity contribution is -0.118. The third kappa shape index (κ3) is 2.89. The summed E-state index contributed by atoms with van der Waals surface area (Å²) in [5, 5.41) is 2.98. The maximum atomic E-state index is 13.0. The Kier molecular flexibility index (Phi) is 3.83. The summed E-state index contributed by atoms with van der Waals surface area (Å²) in [6.07, 6.45) is 3.43. The third-order valence-electron chi connectivity index (χ3n) is 5.50. The van der Waals surface area contributed by atoms with Crippen molar-refractivity contribution >= 4 is 11.7 Å². The Hall–Kier alpha value is -3.34. The Balaban J connectivity index is 0.00000205. The lowest BCUT2D eigenvalue weighted by atomic mass is 9.94. The largest absolute Gasteiger partial charge is 0.454 e. The van der Waals surface area contributed by atoms with E-state index in [0.29, 0.717) is 11.6 Å². The normalized spacial score (nSPS) is 15.9. The molecule has 1 saturated carbocycles. The zero-order valence-corrected chi connectivity index (χ0v) is 15.6. The summed E-state index contributed by atoms with van der Waals surface area (Å²) in [7, 11) is 0. The van der Waals surface area contributed by atoms with Gasteiger partial charge in [0, 0.05) is 13.2 Å². The second kappa shape index (κ2) is 6.37. The van der Waals surface area contributed by atoms with E-state index in [9.17, 15) is 4.79 Å². The van der Waals surface area contributed by atoms with Crippen LogP contribution in [0.2, 0.25) is 0 Å². The van der Waals surface area contributed by atoms with E-state index in [0.717, 1.165) is 35.3 Å². The first-order valence-electron chi connectivity index (χ1n) is 9.39. The molecule has 1 aliphatic heterocycles. The van der Waals surface area contributed by atoms with Crippen molar-refractivity contribution in [2.45, 2.75) is 25.2 Å². The molecule has 0 spiro atoms. The summed E-state index contributed by atoms with van der Waals surface area (Å²) >= 11 is 0. The van der Waals surface area contributed by atoms with Gasteiger partial charge in [0.1, 0.15) is 5.82 Å². The molecule has 5 rings (SSSR count). The van der Waals surface area contributed by atoms with Gasteiger partial charge in [-0.1, -0.05) is 35.9 Å². The Morgan fingerprint density at radius 1 is 1.00 bits per heavy atom. The van der Waals surface area contributed by atoms with Gasteiger partial charge < -0.3 is 14.8 Å². The molecule has 0 atom stereocenters. The first kappa shape index (κ1) is 16.8. The number of fused-ring (bicyclic) bond motifs is 1. The van der Waals surface area contributed by atoms with Crippen LogP contribution in [-0.2, 0) is 10.2 Å².